The molecule has 0 aromatic carbocycles. The third-order valence-electron chi connectivity index (χ3n) is 3.58. The molecule has 100 valence electrons. The van der Waals surface area contributed by atoms with E-state index in [4.69, 9.17) is 4.84 Å². The molecule has 5 atom stereocenters. The fourth-order valence-electron chi connectivity index (χ4n) is 2.46. The molecule has 0 saturated heterocycles. The fraction of sp³-hybridized carbons (Fsp3) is 1.00. The van der Waals surface area contributed by atoms with Gasteiger partial charge < -0.3 is 5.21 Å². The number of hydrogen-bond donors (Lipinski definition) is 2. The quantitative estimate of drug-likeness (QED) is 0.657. The Bertz CT molecular complexity index is 286. The molecule has 0 amide bonds. The first kappa shape index (κ1) is 13.4. The highest BCUT2D eigenvalue weighted by atomic mass is 32.2. The lowest BCUT2D eigenvalue weighted by Crippen LogP contribution is -3.11. The third-order valence-corrected chi connectivity index (χ3v) is 5.22. The van der Waals surface area contributed by atoms with Crippen LogP contribution in [-0.4, -0.2) is 28.1 Å². The molecule has 2 aliphatic carbocycles. The number of quaternary nitrogens is 1. The zero-order valence-electron chi connectivity index (χ0n) is 10.5. The largest absolute Gasteiger partial charge is 0.600 e. The van der Waals surface area contributed by atoms with Crippen molar-refractivity contribution in [3.8, 4) is 0 Å². The summed E-state index contributed by atoms with van der Waals surface area (Å²) in [7, 11) is -0.899. The highest BCUT2D eigenvalue weighted by Crippen LogP contribution is 2.28. The topological polar surface area (TPSA) is 65.8 Å². The molecule has 2 fully saturated rings. The Balaban J connectivity index is 1.81. The van der Waals surface area contributed by atoms with Gasteiger partial charge in [0.2, 0.25) is 0 Å². The van der Waals surface area contributed by atoms with Crippen molar-refractivity contribution in [1.82, 2.24) is 4.72 Å². The van der Waals surface area contributed by atoms with E-state index in [-0.39, 0.29) is 17.3 Å². The summed E-state index contributed by atoms with van der Waals surface area (Å²) in [5.41, 5.74) is 0. The summed E-state index contributed by atoms with van der Waals surface area (Å²) in [6.45, 7) is 4.34. The smallest absolute Gasteiger partial charge is 0.121 e. The van der Waals surface area contributed by atoms with E-state index in [0.717, 1.165) is 25.7 Å². The van der Waals surface area contributed by atoms with Crippen molar-refractivity contribution in [3.05, 3.63) is 5.21 Å². The second-order valence-corrected chi connectivity index (χ2v) is 6.62. The molecule has 17 heavy (non-hydrogen) atoms. The molecule has 0 aromatic heterocycles. The van der Waals surface area contributed by atoms with E-state index < -0.39 is 11.0 Å². The van der Waals surface area contributed by atoms with Crippen molar-refractivity contribution in [2.75, 3.05) is 6.61 Å². The molecule has 2 rings (SSSR count). The van der Waals surface area contributed by atoms with Crippen molar-refractivity contribution >= 4 is 11.0 Å². The maximum atomic E-state index is 11.8. The van der Waals surface area contributed by atoms with Crippen LogP contribution in [0.2, 0.25) is 0 Å². The Morgan fingerprint density at radius 2 is 2.18 bits per heavy atom. The predicted octanol–water partition coefficient (Wildman–Crippen LogP) is -0.0966. The molecule has 2 aliphatic rings. The van der Waals surface area contributed by atoms with E-state index in [2.05, 4.69) is 11.6 Å². The van der Waals surface area contributed by atoms with Crippen LogP contribution >= 0.6 is 0 Å². The Morgan fingerprint density at radius 1 is 1.47 bits per heavy atom. The van der Waals surface area contributed by atoms with E-state index in [9.17, 15) is 9.42 Å². The molecule has 5 nitrogen and oxygen atoms in total. The second kappa shape index (κ2) is 5.75. The van der Waals surface area contributed by atoms with Gasteiger partial charge in [-0.05, 0) is 26.2 Å². The van der Waals surface area contributed by atoms with Crippen LogP contribution in [0.25, 0.3) is 0 Å². The van der Waals surface area contributed by atoms with Crippen molar-refractivity contribution in [1.29, 1.82) is 0 Å². The van der Waals surface area contributed by atoms with Gasteiger partial charge in [0.1, 0.15) is 12.6 Å². The van der Waals surface area contributed by atoms with Crippen molar-refractivity contribution in [2.24, 2.45) is 5.92 Å². The van der Waals surface area contributed by atoms with E-state index in [1.54, 1.807) is 0 Å². The molecule has 2 unspecified atom stereocenters. The Hall–Kier alpha value is -0.0100. The summed E-state index contributed by atoms with van der Waals surface area (Å²) >= 11 is 0. The minimum absolute atomic E-state index is 0.0244. The van der Waals surface area contributed by atoms with Gasteiger partial charge in [0.05, 0.1) is 11.0 Å². The van der Waals surface area contributed by atoms with Crippen LogP contribution in [0.4, 0.5) is 0 Å². The molecule has 0 radical (unpaired) electrons. The number of rotatable bonds is 6. The number of nitrogens with one attached hydrogen (secondary N) is 2. The minimum atomic E-state index is -0.899. The van der Waals surface area contributed by atoms with Gasteiger partial charge in [0, 0.05) is 23.6 Å². The summed E-state index contributed by atoms with van der Waals surface area (Å²) in [5, 5.41) is 12.0. The zero-order chi connectivity index (χ0) is 12.4. The number of hydrogen-bond acceptors (Lipinski definition) is 3. The monoisotopic (exact) mass is 262 g/mol. The molecule has 0 spiro atoms. The lowest BCUT2D eigenvalue weighted by atomic mass is 10.1. The van der Waals surface area contributed by atoms with Gasteiger partial charge in [0.15, 0.2) is 0 Å². The van der Waals surface area contributed by atoms with Gasteiger partial charge in [-0.25, -0.2) is 19.0 Å². The zero-order valence-corrected chi connectivity index (χ0v) is 11.3. The summed E-state index contributed by atoms with van der Waals surface area (Å²) in [6, 6.07) is 0.185. The van der Waals surface area contributed by atoms with Crippen LogP contribution in [0.1, 0.15) is 39.5 Å². The van der Waals surface area contributed by atoms with Crippen LogP contribution in [-0.2, 0) is 15.8 Å². The highest BCUT2D eigenvalue weighted by molar-refractivity contribution is 7.84. The number of hydroxylamine groups is 2. The fourth-order valence-corrected chi connectivity index (χ4v) is 3.74. The lowest BCUT2D eigenvalue weighted by molar-refractivity contribution is -1.07. The van der Waals surface area contributed by atoms with Gasteiger partial charge in [-0.2, -0.15) is 0 Å². The van der Waals surface area contributed by atoms with E-state index in [1.165, 1.54) is 0 Å². The average Bonchev–Trinajstić information content (AvgIpc) is 3.04. The van der Waals surface area contributed by atoms with Crippen LogP contribution in [0.15, 0.2) is 0 Å². The first-order valence-electron chi connectivity index (χ1n) is 6.45. The average molecular weight is 262 g/mol. The molecule has 2 N–H and O–H groups in total. The molecule has 0 heterocycles. The van der Waals surface area contributed by atoms with E-state index >= 15 is 0 Å². The summed E-state index contributed by atoms with van der Waals surface area (Å²) in [5.74, 6) is 0.322. The minimum Gasteiger partial charge on any atom is -0.600 e. The van der Waals surface area contributed by atoms with Crippen LogP contribution in [0.3, 0.4) is 0 Å². The second-order valence-electron chi connectivity index (χ2n) is 5.12. The molecule has 2 saturated carbocycles. The van der Waals surface area contributed by atoms with Gasteiger partial charge >= 0.3 is 0 Å². The standard InChI is InChI=1S/C11H22N2O3S/c1-3-16-13(14)11-7-9(6-8(11)2)12-17(15)10-4-5-10/h8-13H,3-7H2,1-2H3/t8-,9+,11+,17?/m1/s1. The van der Waals surface area contributed by atoms with Crippen LogP contribution < -0.4 is 9.95 Å². The Morgan fingerprint density at radius 3 is 2.76 bits per heavy atom. The van der Waals surface area contributed by atoms with Crippen LogP contribution in [0, 0.1) is 11.1 Å². The SMILES string of the molecule is CCO[NH+]([O-])[C@H]1C[C@@H](NS(=O)C2CC2)C[C@H]1C. The van der Waals surface area contributed by atoms with E-state index in [1.807, 2.05) is 6.92 Å². The molecule has 0 aromatic rings. The molecular weight excluding hydrogens is 240 g/mol. The first-order chi connectivity index (χ1) is 8.11. The molecule has 0 aliphatic heterocycles. The van der Waals surface area contributed by atoms with Crippen LogP contribution in [0.5, 0.6) is 0 Å². The van der Waals surface area contributed by atoms with Gasteiger partial charge in [-0.1, -0.05) is 6.92 Å². The third kappa shape index (κ3) is 3.48. The van der Waals surface area contributed by atoms with Crippen molar-refractivity contribution in [3.63, 3.8) is 0 Å². The Kier molecular flexibility index (Phi) is 4.54. The van der Waals surface area contributed by atoms with Gasteiger partial charge in [0.25, 0.3) is 0 Å². The highest BCUT2D eigenvalue weighted by Gasteiger charge is 2.39. The van der Waals surface area contributed by atoms with Crippen molar-refractivity contribution < 1.29 is 14.3 Å². The predicted molar refractivity (Wildman–Crippen MR) is 66.2 cm³/mol. The van der Waals surface area contributed by atoms with E-state index in [0.29, 0.717) is 17.8 Å². The maximum absolute atomic E-state index is 11.8. The van der Waals surface area contributed by atoms with Gasteiger partial charge in [-0.15, -0.1) is 0 Å². The summed E-state index contributed by atoms with van der Waals surface area (Å²) < 4.78 is 14.9. The summed E-state index contributed by atoms with van der Waals surface area (Å²) in [6.07, 6.45) is 3.83. The normalized spacial score (nSPS) is 37.0. The molecular formula is C11H22N2O3S. The maximum Gasteiger partial charge on any atom is 0.121 e. The van der Waals surface area contributed by atoms with Gasteiger partial charge in [-0.3, -0.25) is 0 Å². The molecule has 0 bridgehead atoms. The Labute approximate surface area is 105 Å². The molecule has 6 heteroatoms. The summed E-state index contributed by atoms with van der Waals surface area (Å²) in [4.78, 5) is 5.07. The lowest BCUT2D eigenvalue weighted by Gasteiger charge is -2.28. The van der Waals surface area contributed by atoms with Crippen molar-refractivity contribution in [2.45, 2.75) is 56.9 Å². The first-order valence-corrected chi connectivity index (χ1v) is 7.66.